The molecular formula is C19H22F6N4S. The van der Waals surface area contributed by atoms with Crippen molar-refractivity contribution >= 4 is 27.4 Å². The molecule has 2 saturated heterocycles. The van der Waals surface area contributed by atoms with E-state index in [2.05, 4.69) is 14.9 Å². The molecule has 0 spiro atoms. The third-order valence-corrected chi connectivity index (χ3v) is 7.05. The summed E-state index contributed by atoms with van der Waals surface area (Å²) in [7, 11) is 0. The van der Waals surface area contributed by atoms with Crippen LogP contribution in [0.5, 0.6) is 0 Å². The van der Waals surface area contributed by atoms with Crippen molar-refractivity contribution in [2.75, 3.05) is 37.6 Å². The van der Waals surface area contributed by atoms with E-state index in [1.807, 2.05) is 4.90 Å². The molecule has 4 nitrogen and oxygen atoms in total. The summed E-state index contributed by atoms with van der Waals surface area (Å²) in [4.78, 5) is 13.1. The molecule has 0 saturated carbocycles. The van der Waals surface area contributed by atoms with Gasteiger partial charge in [-0.2, -0.15) is 26.3 Å². The first-order chi connectivity index (χ1) is 14.0. The van der Waals surface area contributed by atoms with Gasteiger partial charge in [-0.1, -0.05) is 6.92 Å². The largest absolute Gasteiger partial charge is 0.393 e. The van der Waals surface area contributed by atoms with Gasteiger partial charge in [0, 0.05) is 31.1 Å². The highest BCUT2D eigenvalue weighted by molar-refractivity contribution is 7.18. The van der Waals surface area contributed by atoms with Crippen LogP contribution >= 0.6 is 11.3 Å². The van der Waals surface area contributed by atoms with E-state index in [9.17, 15) is 26.3 Å². The lowest BCUT2D eigenvalue weighted by Gasteiger charge is -2.35. The van der Waals surface area contributed by atoms with Crippen LogP contribution in [0.15, 0.2) is 12.4 Å². The van der Waals surface area contributed by atoms with Gasteiger partial charge in [-0.3, -0.25) is 0 Å². The quantitative estimate of drug-likeness (QED) is 0.627. The first-order valence-electron chi connectivity index (χ1n) is 9.84. The topological polar surface area (TPSA) is 32.3 Å². The summed E-state index contributed by atoms with van der Waals surface area (Å²) in [5.41, 5.74) is 0. The van der Waals surface area contributed by atoms with Gasteiger partial charge in [0.05, 0.1) is 17.7 Å². The zero-order chi connectivity index (χ0) is 21.7. The molecule has 30 heavy (non-hydrogen) atoms. The van der Waals surface area contributed by atoms with E-state index in [-0.39, 0.29) is 17.3 Å². The van der Waals surface area contributed by atoms with E-state index in [1.165, 1.54) is 19.3 Å². The number of likely N-dealkylation sites (tertiary alicyclic amines) is 1. The highest BCUT2D eigenvalue weighted by Gasteiger charge is 2.41. The van der Waals surface area contributed by atoms with Gasteiger partial charge >= 0.3 is 12.4 Å². The lowest BCUT2D eigenvalue weighted by Crippen LogP contribution is -2.44. The Hall–Kier alpha value is -1.62. The van der Waals surface area contributed by atoms with Crippen LogP contribution in [0.1, 0.15) is 18.2 Å². The molecule has 166 valence electrons. The van der Waals surface area contributed by atoms with E-state index in [0.29, 0.717) is 48.1 Å². The number of piperidine rings is 1. The Labute approximate surface area is 173 Å². The van der Waals surface area contributed by atoms with Crippen molar-refractivity contribution in [1.29, 1.82) is 0 Å². The summed E-state index contributed by atoms with van der Waals surface area (Å²) in [5, 5.41) is 0.614. The van der Waals surface area contributed by atoms with E-state index in [1.54, 1.807) is 0 Å². The Morgan fingerprint density at radius 3 is 2.53 bits per heavy atom. The second-order valence-corrected chi connectivity index (χ2v) is 9.45. The minimum atomic E-state index is -4.28. The summed E-state index contributed by atoms with van der Waals surface area (Å²) in [6, 6.07) is 1.52. The van der Waals surface area contributed by atoms with E-state index >= 15 is 0 Å². The average molecular weight is 452 g/mol. The van der Waals surface area contributed by atoms with Crippen molar-refractivity contribution in [3.8, 4) is 0 Å². The number of anilines is 1. The molecule has 0 radical (unpaired) electrons. The Bertz CT molecular complexity index is 895. The second kappa shape index (κ2) is 7.81. The molecule has 0 N–H and O–H groups in total. The maximum Gasteiger partial charge on any atom is 0.393 e. The van der Waals surface area contributed by atoms with Gasteiger partial charge in [-0.05, 0) is 30.9 Å². The number of hydrogen-bond acceptors (Lipinski definition) is 5. The van der Waals surface area contributed by atoms with Gasteiger partial charge < -0.3 is 9.80 Å². The fourth-order valence-electron chi connectivity index (χ4n) is 4.50. The summed E-state index contributed by atoms with van der Waals surface area (Å²) in [6.45, 7) is 3.78. The number of thiophene rings is 1. The molecule has 2 aliphatic rings. The standard InChI is InChI=1S/C19H22F6N4S/c1-11(19(23,24)25)6-28-3-2-12-8-29(9-13(12)7-28)16-15-4-14(5-18(20,21)22)30-17(15)27-10-26-16/h4,10-13H,2-3,5-9H2,1H3/t11?,12-,13+/m1/s1. The van der Waals surface area contributed by atoms with Crippen molar-refractivity contribution in [1.82, 2.24) is 14.9 Å². The normalized spacial score (nSPS) is 24.4. The number of rotatable bonds is 4. The SMILES string of the molecule is CC(CN1CC[C@@H]2CN(c3ncnc4sc(CC(F)(F)F)cc34)C[C@@H]2C1)C(F)(F)F. The third-order valence-electron chi connectivity index (χ3n) is 6.01. The number of fused-ring (bicyclic) bond motifs is 2. The fraction of sp³-hybridized carbons (Fsp3) is 0.684. The molecule has 0 aromatic carbocycles. The molecule has 2 aromatic rings. The van der Waals surface area contributed by atoms with Gasteiger partial charge in [0.2, 0.25) is 0 Å². The van der Waals surface area contributed by atoms with Crippen LogP contribution in [0.2, 0.25) is 0 Å². The van der Waals surface area contributed by atoms with Crippen LogP contribution in [0.25, 0.3) is 10.2 Å². The Balaban J connectivity index is 1.47. The summed E-state index contributed by atoms with van der Waals surface area (Å²) >= 11 is 1.02. The molecule has 4 heterocycles. The number of nitrogens with zero attached hydrogens (tertiary/aromatic N) is 4. The van der Waals surface area contributed by atoms with Gasteiger partial charge in [-0.25, -0.2) is 9.97 Å². The minimum Gasteiger partial charge on any atom is -0.355 e. The molecule has 2 aliphatic heterocycles. The minimum absolute atomic E-state index is 0.00416. The number of hydrogen-bond donors (Lipinski definition) is 0. The van der Waals surface area contributed by atoms with Crippen LogP contribution in [-0.4, -0.2) is 59.9 Å². The van der Waals surface area contributed by atoms with E-state index in [0.717, 1.165) is 17.8 Å². The lowest BCUT2D eigenvalue weighted by molar-refractivity contribution is -0.175. The first-order valence-corrected chi connectivity index (χ1v) is 10.7. The van der Waals surface area contributed by atoms with E-state index < -0.39 is 24.7 Å². The predicted octanol–water partition coefficient (Wildman–Crippen LogP) is 4.75. The van der Waals surface area contributed by atoms with Crippen molar-refractivity contribution < 1.29 is 26.3 Å². The number of alkyl halides is 6. The predicted molar refractivity (Wildman–Crippen MR) is 103 cm³/mol. The van der Waals surface area contributed by atoms with Gasteiger partial charge in [-0.15, -0.1) is 11.3 Å². The van der Waals surface area contributed by atoms with Crippen molar-refractivity contribution in [2.45, 2.75) is 32.1 Å². The molecule has 1 unspecified atom stereocenters. The summed E-state index contributed by atoms with van der Waals surface area (Å²) < 4.78 is 76.9. The molecule has 0 amide bonds. The fourth-order valence-corrected chi connectivity index (χ4v) is 5.52. The van der Waals surface area contributed by atoms with Crippen LogP contribution in [0, 0.1) is 17.8 Å². The maximum absolute atomic E-state index is 12.9. The molecule has 0 bridgehead atoms. The highest BCUT2D eigenvalue weighted by atomic mass is 32.1. The number of halogens is 6. The Kier molecular flexibility index (Phi) is 5.63. The lowest BCUT2D eigenvalue weighted by atomic mass is 9.88. The zero-order valence-corrected chi connectivity index (χ0v) is 17.1. The van der Waals surface area contributed by atoms with Crippen LogP contribution in [0.4, 0.5) is 32.2 Å². The Morgan fingerprint density at radius 1 is 1.10 bits per heavy atom. The van der Waals surface area contributed by atoms with E-state index in [4.69, 9.17) is 0 Å². The van der Waals surface area contributed by atoms with Crippen molar-refractivity contribution in [3.05, 3.63) is 17.3 Å². The highest BCUT2D eigenvalue weighted by Crippen LogP contribution is 2.39. The monoisotopic (exact) mass is 452 g/mol. The molecule has 2 aromatic heterocycles. The van der Waals surface area contributed by atoms with Gasteiger partial charge in [0.1, 0.15) is 17.0 Å². The Morgan fingerprint density at radius 2 is 1.83 bits per heavy atom. The molecule has 0 aliphatic carbocycles. The third kappa shape index (κ3) is 4.66. The number of aromatic nitrogens is 2. The molecular weight excluding hydrogens is 430 g/mol. The van der Waals surface area contributed by atoms with Crippen LogP contribution in [0.3, 0.4) is 0 Å². The van der Waals surface area contributed by atoms with Crippen LogP contribution in [-0.2, 0) is 6.42 Å². The molecule has 3 atom stereocenters. The zero-order valence-electron chi connectivity index (χ0n) is 16.3. The van der Waals surface area contributed by atoms with Crippen molar-refractivity contribution in [2.24, 2.45) is 17.8 Å². The van der Waals surface area contributed by atoms with Gasteiger partial charge in [0.25, 0.3) is 0 Å². The maximum atomic E-state index is 12.9. The van der Waals surface area contributed by atoms with Crippen LogP contribution < -0.4 is 4.90 Å². The molecule has 11 heteroatoms. The summed E-state index contributed by atoms with van der Waals surface area (Å²) in [6.07, 6.45) is -7.30. The van der Waals surface area contributed by atoms with Crippen molar-refractivity contribution in [3.63, 3.8) is 0 Å². The van der Waals surface area contributed by atoms with Gasteiger partial charge in [0.15, 0.2) is 0 Å². The average Bonchev–Trinajstić information content (AvgIpc) is 3.21. The second-order valence-electron chi connectivity index (χ2n) is 8.34. The molecule has 2 fully saturated rings. The first kappa shape index (κ1) is 21.6. The molecule has 4 rings (SSSR count). The smallest absolute Gasteiger partial charge is 0.355 e. The summed E-state index contributed by atoms with van der Waals surface area (Å²) in [5.74, 6) is -0.182.